The first kappa shape index (κ1) is 18.8. The van der Waals surface area contributed by atoms with Crippen LogP contribution in [-0.2, 0) is 25.9 Å². The molecule has 0 radical (unpaired) electrons. The zero-order valence-electron chi connectivity index (χ0n) is 14.0. The third kappa shape index (κ3) is 3.20. The lowest BCUT2D eigenvalue weighted by Crippen LogP contribution is -2.13. The Morgan fingerprint density at radius 1 is 1.08 bits per heavy atom. The van der Waals surface area contributed by atoms with Crippen LogP contribution in [0.25, 0.3) is 10.9 Å². The fourth-order valence-electron chi connectivity index (χ4n) is 2.89. The number of hydrogen-bond donors (Lipinski definition) is 0. The van der Waals surface area contributed by atoms with Gasteiger partial charge in [-0.1, -0.05) is 23.2 Å². The molecule has 8 heteroatoms. The fraction of sp³-hybridized carbons (Fsp3) is 0.167. The molecule has 5 nitrogen and oxygen atoms in total. The Morgan fingerprint density at radius 3 is 2.31 bits per heavy atom. The molecule has 0 atom stereocenters. The number of rotatable bonds is 4. The van der Waals surface area contributed by atoms with Gasteiger partial charge in [-0.05, 0) is 49.4 Å². The van der Waals surface area contributed by atoms with Crippen molar-refractivity contribution in [1.29, 1.82) is 0 Å². The van der Waals surface area contributed by atoms with Crippen LogP contribution in [0.2, 0.25) is 10.0 Å². The molecular formula is C18H15Cl2NO4S. The monoisotopic (exact) mass is 411 g/mol. The highest BCUT2D eigenvalue weighted by molar-refractivity contribution is 7.91. The molecule has 2 aromatic carbocycles. The molecule has 0 unspecified atom stereocenters. The van der Waals surface area contributed by atoms with Gasteiger partial charge in [-0.2, -0.15) is 0 Å². The van der Waals surface area contributed by atoms with Crippen molar-refractivity contribution in [3.8, 4) is 0 Å². The van der Waals surface area contributed by atoms with Crippen molar-refractivity contribution >= 4 is 49.9 Å². The van der Waals surface area contributed by atoms with Gasteiger partial charge in [0.05, 0.1) is 17.5 Å². The van der Waals surface area contributed by atoms with Crippen LogP contribution >= 0.6 is 23.2 Å². The standard InChI is InChI=1S/C18H15Cl2NO4S/c1-11-18(26(23,24)14-6-3-12(19)4-7-14)15-9-13(20)5-8-16(15)21(11)10-17(22)25-2/h3-9H,10H2,1-2H3. The number of aromatic nitrogens is 1. The van der Waals surface area contributed by atoms with Gasteiger partial charge in [-0.15, -0.1) is 0 Å². The zero-order chi connectivity index (χ0) is 19.1. The number of benzene rings is 2. The molecule has 0 N–H and O–H groups in total. The van der Waals surface area contributed by atoms with Crippen molar-refractivity contribution in [2.45, 2.75) is 23.3 Å². The van der Waals surface area contributed by atoms with Crippen LogP contribution in [0.3, 0.4) is 0 Å². The zero-order valence-corrected chi connectivity index (χ0v) is 16.3. The third-order valence-electron chi connectivity index (χ3n) is 4.14. The SMILES string of the molecule is COC(=O)Cn1c(C)c(S(=O)(=O)c2ccc(Cl)cc2)c2cc(Cl)ccc21. The topological polar surface area (TPSA) is 65.4 Å². The number of hydrogen-bond acceptors (Lipinski definition) is 4. The van der Waals surface area contributed by atoms with Crippen molar-refractivity contribution in [3.05, 3.63) is 58.2 Å². The number of fused-ring (bicyclic) bond motifs is 1. The molecule has 0 fully saturated rings. The maximum atomic E-state index is 13.2. The highest BCUT2D eigenvalue weighted by atomic mass is 35.5. The number of sulfone groups is 1. The first-order valence-electron chi connectivity index (χ1n) is 7.61. The van der Waals surface area contributed by atoms with Crippen molar-refractivity contribution in [2.75, 3.05) is 7.11 Å². The average Bonchev–Trinajstić information content (AvgIpc) is 2.86. The second-order valence-corrected chi connectivity index (χ2v) is 8.46. The predicted octanol–water partition coefficient (Wildman–Crippen LogP) is 4.26. The Bertz CT molecular complexity index is 1100. The van der Waals surface area contributed by atoms with Crippen LogP contribution in [0.15, 0.2) is 52.3 Å². The van der Waals surface area contributed by atoms with E-state index in [1.54, 1.807) is 29.7 Å². The normalized spacial score (nSPS) is 11.7. The number of carbonyl (C=O) groups is 1. The minimum absolute atomic E-state index is 0.101. The molecule has 1 heterocycles. The van der Waals surface area contributed by atoms with Gasteiger partial charge in [0, 0.05) is 21.1 Å². The van der Waals surface area contributed by atoms with E-state index in [-0.39, 0.29) is 16.3 Å². The number of ether oxygens (including phenoxy) is 1. The Labute approximate surface area is 161 Å². The summed E-state index contributed by atoms with van der Waals surface area (Å²) in [5.74, 6) is -0.476. The van der Waals surface area contributed by atoms with Crippen LogP contribution in [0.1, 0.15) is 5.69 Å². The van der Waals surface area contributed by atoms with Crippen LogP contribution in [0, 0.1) is 6.92 Å². The molecule has 0 aliphatic rings. The van der Waals surface area contributed by atoms with Crippen molar-refractivity contribution in [1.82, 2.24) is 4.57 Å². The van der Waals surface area contributed by atoms with E-state index in [1.807, 2.05) is 0 Å². The Hall–Kier alpha value is -2.02. The number of nitrogens with zero attached hydrogens (tertiary/aromatic N) is 1. The van der Waals surface area contributed by atoms with E-state index in [0.29, 0.717) is 26.6 Å². The maximum absolute atomic E-state index is 13.2. The number of esters is 1. The van der Waals surface area contributed by atoms with E-state index in [0.717, 1.165) is 0 Å². The molecule has 0 aliphatic carbocycles. The van der Waals surface area contributed by atoms with Gasteiger partial charge >= 0.3 is 5.97 Å². The minimum Gasteiger partial charge on any atom is -0.468 e. The molecule has 136 valence electrons. The first-order valence-corrected chi connectivity index (χ1v) is 9.85. The van der Waals surface area contributed by atoms with Gasteiger partial charge < -0.3 is 9.30 Å². The molecule has 0 spiro atoms. The van der Waals surface area contributed by atoms with E-state index < -0.39 is 15.8 Å². The summed E-state index contributed by atoms with van der Waals surface area (Å²) in [5.41, 5.74) is 1.02. The van der Waals surface area contributed by atoms with Gasteiger partial charge in [-0.3, -0.25) is 4.79 Å². The summed E-state index contributed by atoms with van der Waals surface area (Å²) in [6.45, 7) is 1.55. The number of methoxy groups -OCH3 is 1. The van der Waals surface area contributed by atoms with Crippen LogP contribution in [-0.4, -0.2) is 26.1 Å². The average molecular weight is 412 g/mol. The van der Waals surface area contributed by atoms with E-state index in [2.05, 4.69) is 0 Å². The fourth-order valence-corrected chi connectivity index (χ4v) is 4.87. The molecule has 0 saturated carbocycles. The third-order valence-corrected chi connectivity index (χ3v) is 6.57. The molecule has 0 saturated heterocycles. The summed E-state index contributed by atoms with van der Waals surface area (Å²) in [4.78, 5) is 12.0. The van der Waals surface area contributed by atoms with Crippen LogP contribution in [0.5, 0.6) is 0 Å². The molecule has 3 aromatic rings. The minimum atomic E-state index is -3.84. The Kier molecular flexibility index (Phi) is 5.01. The molecule has 0 aliphatic heterocycles. The number of carbonyl (C=O) groups excluding carboxylic acids is 1. The highest BCUT2D eigenvalue weighted by Gasteiger charge is 2.28. The lowest BCUT2D eigenvalue weighted by atomic mass is 10.2. The maximum Gasteiger partial charge on any atom is 0.325 e. The van der Waals surface area contributed by atoms with E-state index >= 15 is 0 Å². The van der Waals surface area contributed by atoms with Crippen LogP contribution in [0.4, 0.5) is 0 Å². The van der Waals surface area contributed by atoms with Crippen LogP contribution < -0.4 is 0 Å². The summed E-state index contributed by atoms with van der Waals surface area (Å²) < 4.78 is 32.8. The molecular weight excluding hydrogens is 397 g/mol. The Morgan fingerprint density at radius 2 is 1.69 bits per heavy atom. The van der Waals surface area contributed by atoms with E-state index in [1.165, 1.54) is 31.4 Å². The predicted molar refractivity (Wildman–Crippen MR) is 101 cm³/mol. The molecule has 3 rings (SSSR count). The second-order valence-electron chi connectivity index (χ2n) is 5.70. The van der Waals surface area contributed by atoms with Crippen molar-refractivity contribution in [3.63, 3.8) is 0 Å². The van der Waals surface area contributed by atoms with Gasteiger partial charge in [0.15, 0.2) is 0 Å². The molecule has 0 amide bonds. The highest BCUT2D eigenvalue weighted by Crippen LogP contribution is 2.35. The lowest BCUT2D eigenvalue weighted by Gasteiger charge is -2.08. The van der Waals surface area contributed by atoms with Gasteiger partial charge in [-0.25, -0.2) is 8.42 Å². The van der Waals surface area contributed by atoms with Crippen molar-refractivity contribution in [2.24, 2.45) is 0 Å². The summed E-state index contributed by atoms with van der Waals surface area (Å²) >= 11 is 12.0. The Balaban J connectivity index is 2.31. The van der Waals surface area contributed by atoms with Crippen molar-refractivity contribution < 1.29 is 17.9 Å². The van der Waals surface area contributed by atoms with Gasteiger partial charge in [0.25, 0.3) is 0 Å². The van der Waals surface area contributed by atoms with E-state index in [4.69, 9.17) is 27.9 Å². The quantitative estimate of drug-likeness (QED) is 0.601. The van der Waals surface area contributed by atoms with E-state index in [9.17, 15) is 13.2 Å². The van der Waals surface area contributed by atoms with Gasteiger partial charge in [0.1, 0.15) is 11.4 Å². The molecule has 0 bridgehead atoms. The summed E-state index contributed by atoms with van der Waals surface area (Å²) in [5, 5.41) is 1.30. The smallest absolute Gasteiger partial charge is 0.325 e. The summed E-state index contributed by atoms with van der Waals surface area (Å²) in [6, 6.07) is 10.9. The summed E-state index contributed by atoms with van der Waals surface area (Å²) in [6.07, 6.45) is 0. The lowest BCUT2D eigenvalue weighted by molar-refractivity contribution is -0.141. The summed E-state index contributed by atoms with van der Waals surface area (Å²) in [7, 11) is -2.56. The largest absolute Gasteiger partial charge is 0.468 e. The first-order chi connectivity index (χ1) is 12.3. The van der Waals surface area contributed by atoms with Gasteiger partial charge in [0.2, 0.25) is 9.84 Å². The second kappa shape index (κ2) is 6.95. The number of halogens is 2. The molecule has 1 aromatic heterocycles. The molecule has 26 heavy (non-hydrogen) atoms.